The molecule has 20 heavy (non-hydrogen) atoms. The fourth-order valence-corrected chi connectivity index (χ4v) is 4.00. The van der Waals surface area contributed by atoms with Gasteiger partial charge >= 0.3 is 0 Å². The Bertz CT molecular complexity index is 523. The summed E-state index contributed by atoms with van der Waals surface area (Å²) in [5.41, 5.74) is 0.768. The summed E-state index contributed by atoms with van der Waals surface area (Å²) in [5, 5.41) is 3.36. The number of ether oxygens (including phenoxy) is 1. The molecule has 0 unspecified atom stereocenters. The van der Waals surface area contributed by atoms with Crippen molar-refractivity contribution in [2.45, 2.75) is 32.0 Å². The van der Waals surface area contributed by atoms with Gasteiger partial charge in [-0.2, -0.15) is 0 Å². The number of hydrogen-bond acceptors (Lipinski definition) is 3. The zero-order valence-electron chi connectivity index (χ0n) is 12.0. The van der Waals surface area contributed by atoms with Crippen LogP contribution in [0.1, 0.15) is 19.4 Å². The van der Waals surface area contributed by atoms with Crippen molar-refractivity contribution in [2.75, 3.05) is 14.2 Å². The third-order valence-electron chi connectivity index (χ3n) is 3.70. The second kappa shape index (κ2) is 5.66. The molecule has 0 saturated carbocycles. The van der Waals surface area contributed by atoms with Crippen LogP contribution in [0.3, 0.4) is 0 Å². The van der Waals surface area contributed by atoms with Gasteiger partial charge in [0.1, 0.15) is 5.75 Å². The summed E-state index contributed by atoms with van der Waals surface area (Å²) in [4.78, 5) is 14.0. The molecule has 0 radical (unpaired) electrons. The Kier molecular flexibility index (Phi) is 4.47. The Morgan fingerprint density at radius 3 is 2.30 bits per heavy atom. The number of carbonyl (C=O) groups is 1. The molecule has 1 amide bonds. The summed E-state index contributed by atoms with van der Waals surface area (Å²) < 4.78 is 7.04. The van der Waals surface area contributed by atoms with Crippen molar-refractivity contribution in [1.29, 1.82) is 0 Å². The number of methoxy groups -OCH3 is 1. The lowest BCUT2D eigenvalue weighted by Gasteiger charge is -2.27. The number of halogens is 2. The molecule has 110 valence electrons. The van der Waals surface area contributed by atoms with Crippen molar-refractivity contribution < 1.29 is 9.53 Å². The average Bonchev–Trinajstić information content (AvgIpc) is 2.53. The van der Waals surface area contributed by atoms with Crippen LogP contribution >= 0.6 is 31.9 Å². The van der Waals surface area contributed by atoms with Crippen LogP contribution in [-0.4, -0.2) is 36.7 Å². The molecular formula is C14H18Br2N2O2. The molecule has 0 aliphatic carbocycles. The molecular weight excluding hydrogens is 388 g/mol. The molecule has 1 aliphatic heterocycles. The number of rotatable bonds is 3. The third-order valence-corrected chi connectivity index (χ3v) is 4.87. The van der Waals surface area contributed by atoms with Gasteiger partial charge in [0, 0.05) is 7.05 Å². The van der Waals surface area contributed by atoms with E-state index in [0.29, 0.717) is 6.42 Å². The normalized spacial score (nSPS) is 21.4. The zero-order chi connectivity index (χ0) is 15.1. The molecule has 0 bridgehead atoms. The molecule has 4 nitrogen and oxygen atoms in total. The lowest BCUT2D eigenvalue weighted by atomic mass is 10.1. The summed E-state index contributed by atoms with van der Waals surface area (Å²) in [6, 6.07) is 3.79. The number of nitrogens with zero attached hydrogens (tertiary/aromatic N) is 1. The van der Waals surface area contributed by atoms with E-state index in [1.54, 1.807) is 12.0 Å². The van der Waals surface area contributed by atoms with E-state index in [1.807, 2.05) is 33.0 Å². The van der Waals surface area contributed by atoms with Gasteiger partial charge in [-0.15, -0.1) is 0 Å². The van der Waals surface area contributed by atoms with Gasteiger partial charge in [0.05, 0.1) is 27.8 Å². The first-order chi connectivity index (χ1) is 9.26. The molecule has 1 fully saturated rings. The van der Waals surface area contributed by atoms with E-state index in [-0.39, 0.29) is 17.6 Å². The molecule has 1 heterocycles. The maximum atomic E-state index is 12.2. The minimum absolute atomic E-state index is 0.123. The summed E-state index contributed by atoms with van der Waals surface area (Å²) in [7, 11) is 3.46. The lowest BCUT2D eigenvalue weighted by molar-refractivity contribution is -0.129. The Hall–Kier alpha value is -0.590. The first kappa shape index (κ1) is 15.8. The molecule has 6 heteroatoms. The summed E-state index contributed by atoms with van der Waals surface area (Å²) in [6.45, 7) is 4.01. The van der Waals surface area contributed by atoms with Crippen molar-refractivity contribution in [3.63, 3.8) is 0 Å². The smallest absolute Gasteiger partial charge is 0.241 e. The number of benzene rings is 1. The monoisotopic (exact) mass is 404 g/mol. The maximum Gasteiger partial charge on any atom is 0.241 e. The fourth-order valence-electron chi connectivity index (χ4n) is 2.39. The predicted octanol–water partition coefficient (Wildman–Crippen LogP) is 2.93. The minimum atomic E-state index is -0.303. The summed E-state index contributed by atoms with van der Waals surface area (Å²) in [6.07, 6.45) is 0.647. The number of likely N-dealkylation sites (N-methyl/N-ethyl adjacent to an activating group) is 1. The van der Waals surface area contributed by atoms with E-state index in [1.165, 1.54) is 0 Å². The van der Waals surface area contributed by atoms with E-state index < -0.39 is 0 Å². The average molecular weight is 406 g/mol. The molecule has 1 aliphatic rings. The molecule has 1 saturated heterocycles. The Balaban J connectivity index is 2.22. The van der Waals surface area contributed by atoms with E-state index >= 15 is 0 Å². The fraction of sp³-hybridized carbons (Fsp3) is 0.500. The van der Waals surface area contributed by atoms with Crippen molar-refractivity contribution in [2.24, 2.45) is 0 Å². The highest BCUT2D eigenvalue weighted by molar-refractivity contribution is 9.11. The molecule has 1 aromatic carbocycles. The minimum Gasteiger partial charge on any atom is -0.494 e. The molecule has 1 N–H and O–H groups in total. The quantitative estimate of drug-likeness (QED) is 0.840. The number of amides is 1. The van der Waals surface area contributed by atoms with E-state index in [2.05, 4.69) is 37.2 Å². The Morgan fingerprint density at radius 1 is 1.35 bits per heavy atom. The van der Waals surface area contributed by atoms with Crippen LogP contribution in [0.15, 0.2) is 21.1 Å². The highest BCUT2D eigenvalue weighted by Crippen LogP contribution is 2.35. The van der Waals surface area contributed by atoms with Gasteiger partial charge in [-0.25, -0.2) is 0 Å². The standard InChI is InChI=1S/C14H18Br2N2O2/c1-14(2)17-11(13(19)18(14)3)7-8-5-9(15)12(20-4)10(16)6-8/h5-6,11,17H,7H2,1-4H3/t11-/m0/s1. The van der Waals surface area contributed by atoms with Crippen LogP contribution in [0.2, 0.25) is 0 Å². The highest BCUT2D eigenvalue weighted by Gasteiger charge is 2.41. The van der Waals surface area contributed by atoms with Gasteiger partial charge in [-0.1, -0.05) is 0 Å². The van der Waals surface area contributed by atoms with Crippen molar-refractivity contribution in [3.05, 3.63) is 26.6 Å². The summed E-state index contributed by atoms with van der Waals surface area (Å²) in [5.74, 6) is 0.884. The number of carbonyl (C=O) groups excluding carboxylic acids is 1. The molecule has 0 spiro atoms. The first-order valence-electron chi connectivity index (χ1n) is 6.33. The van der Waals surface area contributed by atoms with Crippen LogP contribution < -0.4 is 10.1 Å². The van der Waals surface area contributed by atoms with Gasteiger partial charge in [-0.3, -0.25) is 10.1 Å². The van der Waals surface area contributed by atoms with Crippen molar-refractivity contribution >= 4 is 37.8 Å². The second-order valence-electron chi connectivity index (χ2n) is 5.45. The Labute approximate surface area is 136 Å². The van der Waals surface area contributed by atoms with Crippen LogP contribution in [0.5, 0.6) is 5.75 Å². The van der Waals surface area contributed by atoms with E-state index in [4.69, 9.17) is 4.74 Å². The number of nitrogens with one attached hydrogen (secondary N) is 1. The first-order valence-corrected chi connectivity index (χ1v) is 7.92. The van der Waals surface area contributed by atoms with Crippen LogP contribution in [0, 0.1) is 0 Å². The van der Waals surface area contributed by atoms with Crippen LogP contribution in [-0.2, 0) is 11.2 Å². The topological polar surface area (TPSA) is 41.6 Å². The number of hydrogen-bond donors (Lipinski definition) is 1. The SMILES string of the molecule is COc1c(Br)cc(C[C@@H]2NC(C)(C)N(C)C2=O)cc1Br. The van der Waals surface area contributed by atoms with Crippen LogP contribution in [0.4, 0.5) is 0 Å². The second-order valence-corrected chi connectivity index (χ2v) is 7.16. The largest absolute Gasteiger partial charge is 0.494 e. The summed E-state index contributed by atoms with van der Waals surface area (Å²) >= 11 is 6.97. The molecule has 2 rings (SSSR count). The predicted molar refractivity (Wildman–Crippen MR) is 85.9 cm³/mol. The lowest BCUT2D eigenvalue weighted by Crippen LogP contribution is -2.45. The molecule has 1 atom stereocenters. The van der Waals surface area contributed by atoms with E-state index in [0.717, 1.165) is 20.3 Å². The highest BCUT2D eigenvalue weighted by atomic mass is 79.9. The molecule has 0 aromatic heterocycles. The van der Waals surface area contributed by atoms with Crippen molar-refractivity contribution in [3.8, 4) is 5.75 Å². The van der Waals surface area contributed by atoms with Gasteiger partial charge in [0.2, 0.25) is 5.91 Å². The maximum absolute atomic E-state index is 12.2. The van der Waals surface area contributed by atoms with Gasteiger partial charge in [0.25, 0.3) is 0 Å². The zero-order valence-corrected chi connectivity index (χ0v) is 15.1. The van der Waals surface area contributed by atoms with Gasteiger partial charge in [0.15, 0.2) is 0 Å². The Morgan fingerprint density at radius 2 is 1.90 bits per heavy atom. The van der Waals surface area contributed by atoms with Crippen LogP contribution in [0.25, 0.3) is 0 Å². The van der Waals surface area contributed by atoms with E-state index in [9.17, 15) is 4.79 Å². The van der Waals surface area contributed by atoms with Gasteiger partial charge in [-0.05, 0) is 69.8 Å². The molecule has 1 aromatic rings. The van der Waals surface area contributed by atoms with Gasteiger partial charge < -0.3 is 9.64 Å². The van der Waals surface area contributed by atoms with Crippen molar-refractivity contribution in [1.82, 2.24) is 10.2 Å². The third kappa shape index (κ3) is 2.87.